The van der Waals surface area contributed by atoms with Crippen molar-refractivity contribution < 1.29 is 27.5 Å². The molecule has 2 N–H and O–H groups in total. The van der Waals surface area contributed by atoms with Gasteiger partial charge in [0.2, 0.25) is 11.7 Å². The van der Waals surface area contributed by atoms with Gasteiger partial charge in [0.05, 0.1) is 13.2 Å². The Morgan fingerprint density at radius 2 is 1.90 bits per heavy atom. The minimum atomic E-state index is -1.28. The van der Waals surface area contributed by atoms with Crippen LogP contribution in [0.1, 0.15) is 35.4 Å². The van der Waals surface area contributed by atoms with Crippen LogP contribution in [-0.2, 0) is 29.0 Å². The molecular weight excluding hydrogens is 391 g/mol. The van der Waals surface area contributed by atoms with E-state index in [9.17, 15) is 22.8 Å². The number of amides is 1. The van der Waals surface area contributed by atoms with Gasteiger partial charge in [-0.3, -0.25) is 4.79 Å². The maximum Gasteiger partial charge on any atom is 0.376 e. The topological polar surface area (TPSA) is 103 Å². The van der Waals surface area contributed by atoms with Gasteiger partial charge in [-0.2, -0.15) is 0 Å². The van der Waals surface area contributed by atoms with Crippen LogP contribution in [0.4, 0.5) is 13.2 Å². The third-order valence-electron chi connectivity index (χ3n) is 4.57. The first-order valence-corrected chi connectivity index (χ1v) is 9.06. The van der Waals surface area contributed by atoms with Crippen LogP contribution in [0.5, 0.6) is 0 Å². The van der Waals surface area contributed by atoms with Gasteiger partial charge in [0, 0.05) is 31.6 Å². The highest BCUT2D eigenvalue weighted by Gasteiger charge is 2.28. The summed E-state index contributed by atoms with van der Waals surface area (Å²) in [5.41, 5.74) is 5.82. The van der Waals surface area contributed by atoms with Crippen LogP contribution in [-0.4, -0.2) is 50.7 Å². The highest BCUT2D eigenvalue weighted by Crippen LogP contribution is 2.18. The number of nitrogens with zero attached hydrogens (tertiary/aromatic N) is 4. The van der Waals surface area contributed by atoms with Gasteiger partial charge in [0.15, 0.2) is 17.5 Å². The van der Waals surface area contributed by atoms with E-state index in [0.717, 1.165) is 6.07 Å². The maximum atomic E-state index is 13.8. The molecule has 29 heavy (non-hydrogen) atoms. The van der Waals surface area contributed by atoms with E-state index in [1.165, 1.54) is 4.90 Å². The fraction of sp³-hybridized carbons (Fsp3) is 0.444. The van der Waals surface area contributed by atoms with Gasteiger partial charge in [-0.25, -0.2) is 18.0 Å². The zero-order valence-corrected chi connectivity index (χ0v) is 15.7. The van der Waals surface area contributed by atoms with Crippen LogP contribution in [0.25, 0.3) is 0 Å². The van der Waals surface area contributed by atoms with Gasteiger partial charge in [-0.15, -0.1) is 10.2 Å². The molecule has 0 unspecified atom stereocenters. The first kappa shape index (κ1) is 20.8. The molecule has 1 aliphatic heterocycles. The lowest BCUT2D eigenvalue weighted by molar-refractivity contribution is -0.133. The molecule has 1 aliphatic rings. The van der Waals surface area contributed by atoms with E-state index < -0.39 is 29.5 Å². The molecule has 2 heterocycles. The van der Waals surface area contributed by atoms with Crippen molar-refractivity contribution >= 4 is 11.9 Å². The Balaban J connectivity index is 1.61. The van der Waals surface area contributed by atoms with Gasteiger partial charge in [-0.1, -0.05) is 0 Å². The van der Waals surface area contributed by atoms with Crippen molar-refractivity contribution in [3.05, 3.63) is 46.8 Å². The molecule has 0 aliphatic carbocycles. The van der Waals surface area contributed by atoms with Crippen molar-refractivity contribution in [3.8, 4) is 0 Å². The average molecular weight is 411 g/mol. The minimum Gasteiger partial charge on any atom is -0.460 e. The number of carbonyl (C=O) groups excluding carboxylic acids is 2. The van der Waals surface area contributed by atoms with E-state index in [0.29, 0.717) is 25.0 Å². The second-order valence-electron chi connectivity index (χ2n) is 6.65. The molecule has 1 atom stereocenters. The van der Waals surface area contributed by atoms with Crippen molar-refractivity contribution in [1.82, 2.24) is 19.7 Å². The highest BCUT2D eigenvalue weighted by atomic mass is 19.2. The quantitative estimate of drug-likeness (QED) is 0.566. The number of hydrogen-bond acceptors (Lipinski definition) is 6. The standard InChI is InChI=1S/C18H20F3N5O3/c1-2-29-18(28)17-24-23-15-9-25(3-4-26(15)17)16(27)7-11(22)5-10-6-13(20)14(21)8-12(10)19/h6,8,11H,2-5,7,9,22H2,1H3/t11-/m1/s1. The number of hydrogen-bond donors (Lipinski definition) is 1. The lowest BCUT2D eigenvalue weighted by atomic mass is 10.0. The van der Waals surface area contributed by atoms with Crippen molar-refractivity contribution in [2.75, 3.05) is 13.2 Å². The SMILES string of the molecule is CCOC(=O)c1nnc2n1CCN(C(=O)C[C@H](N)Cc1cc(F)c(F)cc1F)C2. The Bertz CT molecular complexity index is 934. The summed E-state index contributed by atoms with van der Waals surface area (Å²) in [5.74, 6) is -3.73. The lowest BCUT2D eigenvalue weighted by Gasteiger charge is -2.28. The molecule has 2 aromatic rings. The molecule has 1 aromatic heterocycles. The Labute approximate surface area is 164 Å². The number of fused-ring (bicyclic) bond motifs is 1. The molecule has 0 spiro atoms. The monoisotopic (exact) mass is 411 g/mol. The molecule has 1 amide bonds. The maximum absolute atomic E-state index is 13.8. The van der Waals surface area contributed by atoms with Crippen LogP contribution in [0.15, 0.2) is 12.1 Å². The number of esters is 1. The fourth-order valence-corrected chi connectivity index (χ4v) is 3.15. The molecular formula is C18H20F3N5O3. The van der Waals surface area contributed by atoms with Crippen molar-refractivity contribution in [2.24, 2.45) is 5.73 Å². The van der Waals surface area contributed by atoms with Gasteiger partial charge >= 0.3 is 5.97 Å². The molecule has 0 radical (unpaired) electrons. The molecule has 3 rings (SSSR count). The van der Waals surface area contributed by atoms with Crippen LogP contribution < -0.4 is 5.73 Å². The van der Waals surface area contributed by atoms with Crippen LogP contribution in [0, 0.1) is 17.5 Å². The van der Waals surface area contributed by atoms with Gasteiger partial charge in [0.25, 0.3) is 0 Å². The summed E-state index contributed by atoms with van der Waals surface area (Å²) < 4.78 is 46.6. The first-order valence-electron chi connectivity index (χ1n) is 9.06. The Kier molecular flexibility index (Phi) is 6.16. The molecule has 1 aromatic carbocycles. The summed E-state index contributed by atoms with van der Waals surface area (Å²) in [5, 5.41) is 7.75. The van der Waals surface area contributed by atoms with Crippen LogP contribution >= 0.6 is 0 Å². The molecule has 8 nitrogen and oxygen atoms in total. The summed E-state index contributed by atoms with van der Waals surface area (Å²) in [6, 6.07) is 0.421. The number of nitrogens with two attached hydrogens (primary N) is 1. The summed E-state index contributed by atoms with van der Waals surface area (Å²) in [7, 11) is 0. The molecule has 11 heteroatoms. The largest absolute Gasteiger partial charge is 0.460 e. The summed E-state index contributed by atoms with van der Waals surface area (Å²) >= 11 is 0. The zero-order chi connectivity index (χ0) is 21.1. The number of benzene rings is 1. The number of rotatable bonds is 6. The number of aromatic nitrogens is 3. The highest BCUT2D eigenvalue weighted by molar-refractivity contribution is 5.85. The number of carbonyl (C=O) groups is 2. The van der Waals surface area contributed by atoms with E-state index in [1.54, 1.807) is 11.5 Å². The summed E-state index contributed by atoms with van der Waals surface area (Å²) in [4.78, 5) is 25.9. The minimum absolute atomic E-state index is 0.0828. The molecule has 0 fully saturated rings. The van der Waals surface area contributed by atoms with E-state index in [1.807, 2.05) is 0 Å². The predicted molar refractivity (Wildman–Crippen MR) is 94.0 cm³/mol. The van der Waals surface area contributed by atoms with Gasteiger partial charge in [0.1, 0.15) is 5.82 Å². The fourth-order valence-electron chi connectivity index (χ4n) is 3.15. The lowest BCUT2D eigenvalue weighted by Crippen LogP contribution is -2.42. The van der Waals surface area contributed by atoms with Crippen LogP contribution in [0.3, 0.4) is 0 Å². The zero-order valence-electron chi connectivity index (χ0n) is 15.7. The van der Waals surface area contributed by atoms with Crippen LogP contribution in [0.2, 0.25) is 0 Å². The number of halogens is 3. The van der Waals surface area contributed by atoms with Crippen molar-refractivity contribution in [3.63, 3.8) is 0 Å². The average Bonchev–Trinajstić information content (AvgIpc) is 3.09. The van der Waals surface area contributed by atoms with E-state index in [4.69, 9.17) is 10.5 Å². The smallest absolute Gasteiger partial charge is 0.376 e. The van der Waals surface area contributed by atoms with Crippen molar-refractivity contribution in [1.29, 1.82) is 0 Å². The third kappa shape index (κ3) is 4.56. The van der Waals surface area contributed by atoms with E-state index in [-0.39, 0.29) is 43.3 Å². The van der Waals surface area contributed by atoms with E-state index >= 15 is 0 Å². The first-order chi connectivity index (χ1) is 13.8. The third-order valence-corrected chi connectivity index (χ3v) is 4.57. The normalized spacial score (nSPS) is 14.4. The Hall–Kier alpha value is -2.95. The Morgan fingerprint density at radius 1 is 1.17 bits per heavy atom. The van der Waals surface area contributed by atoms with Gasteiger partial charge < -0.3 is 19.9 Å². The Morgan fingerprint density at radius 3 is 2.62 bits per heavy atom. The number of ether oxygens (including phenoxy) is 1. The second kappa shape index (κ2) is 8.60. The summed E-state index contributed by atoms with van der Waals surface area (Å²) in [6.07, 6.45) is -0.233. The van der Waals surface area contributed by atoms with E-state index in [2.05, 4.69) is 10.2 Å². The molecule has 0 saturated carbocycles. The van der Waals surface area contributed by atoms with Gasteiger partial charge in [-0.05, 0) is 25.0 Å². The second-order valence-corrected chi connectivity index (χ2v) is 6.65. The molecule has 156 valence electrons. The molecule has 0 saturated heterocycles. The molecule has 0 bridgehead atoms. The summed E-state index contributed by atoms with van der Waals surface area (Å²) in [6.45, 7) is 2.65. The van der Waals surface area contributed by atoms with Crippen molar-refractivity contribution in [2.45, 2.75) is 38.9 Å². The predicted octanol–water partition coefficient (Wildman–Crippen LogP) is 1.17.